The molecule has 1 aliphatic rings. The number of aliphatic hydroxyl groups excluding tert-OH is 4. The van der Waals surface area contributed by atoms with E-state index in [9.17, 15) is 24.9 Å². The highest BCUT2D eigenvalue weighted by molar-refractivity contribution is 5.93. The van der Waals surface area contributed by atoms with Crippen molar-refractivity contribution in [3.8, 4) is 5.75 Å². The Kier molecular flexibility index (Phi) is 5.86. The van der Waals surface area contributed by atoms with Gasteiger partial charge in [0.05, 0.1) is 6.61 Å². The van der Waals surface area contributed by atoms with Gasteiger partial charge in [0.1, 0.15) is 35.7 Å². The molecule has 1 fully saturated rings. The first-order chi connectivity index (χ1) is 11.3. The van der Waals surface area contributed by atoms with E-state index in [0.29, 0.717) is 0 Å². The summed E-state index contributed by atoms with van der Waals surface area (Å²) >= 11 is 0. The summed E-state index contributed by atoms with van der Waals surface area (Å²) in [5.74, 6) is -1.65. The van der Waals surface area contributed by atoms with Crippen molar-refractivity contribution in [1.82, 2.24) is 0 Å². The van der Waals surface area contributed by atoms with Crippen LogP contribution >= 0.6 is 0 Å². The maximum absolute atomic E-state index is 12.2. The van der Waals surface area contributed by atoms with Crippen LogP contribution in [0, 0.1) is 0 Å². The highest BCUT2D eigenvalue weighted by Gasteiger charge is 2.45. The summed E-state index contributed by atoms with van der Waals surface area (Å²) in [6.45, 7) is 0.517. The first-order valence-electron chi connectivity index (χ1n) is 7.14. The first kappa shape index (κ1) is 18.3. The molecule has 1 aromatic rings. The van der Waals surface area contributed by atoms with Gasteiger partial charge in [0.25, 0.3) is 0 Å². The molecular formula is C15H18O9. The predicted molar refractivity (Wildman–Crippen MR) is 76.9 cm³/mol. The molecule has 0 radical (unpaired) electrons. The van der Waals surface area contributed by atoms with Crippen molar-refractivity contribution in [1.29, 1.82) is 0 Å². The number of carbonyl (C=O) groups excluding carboxylic acids is 2. The Morgan fingerprint density at radius 3 is 2.42 bits per heavy atom. The van der Waals surface area contributed by atoms with Crippen LogP contribution < -0.4 is 4.74 Å². The van der Waals surface area contributed by atoms with Crippen LogP contribution in [0.25, 0.3) is 0 Å². The largest absolute Gasteiger partial charge is 0.429 e. The minimum Gasteiger partial charge on any atom is -0.429 e. The number of hydrogen-bond donors (Lipinski definition) is 4. The number of carbonyl (C=O) groups is 2. The number of benzene rings is 1. The van der Waals surface area contributed by atoms with Gasteiger partial charge < -0.3 is 34.6 Å². The normalized spacial score (nSPS) is 29.8. The number of esters is 2. The molecular weight excluding hydrogens is 324 g/mol. The minimum atomic E-state index is -1.72. The number of rotatable bonds is 4. The molecule has 1 aromatic carbocycles. The third kappa shape index (κ3) is 3.89. The molecule has 1 heterocycles. The average Bonchev–Trinajstić information content (AvgIpc) is 2.55. The van der Waals surface area contributed by atoms with Crippen molar-refractivity contribution < 1.29 is 44.2 Å². The summed E-state index contributed by atoms with van der Waals surface area (Å²) in [7, 11) is 0. The zero-order chi connectivity index (χ0) is 17.9. The molecule has 1 aliphatic heterocycles. The Hall–Kier alpha value is -2.04. The standard InChI is InChI=1S/C15H18O9/c1-7(17)22-9-5-3-2-4-8(9)14(21)24-15-13(20)12(19)11(18)10(6-16)23-15/h2-5,10-13,15-16,18-20H,6H2,1H3/t10-,11+,12+,13-,15-/m1/s1. The topological polar surface area (TPSA) is 143 Å². The lowest BCUT2D eigenvalue weighted by Gasteiger charge is -2.39. The quantitative estimate of drug-likeness (QED) is 0.382. The van der Waals surface area contributed by atoms with Gasteiger partial charge in [-0.25, -0.2) is 4.79 Å². The lowest BCUT2D eigenvalue weighted by molar-refractivity contribution is -0.285. The second-order valence-electron chi connectivity index (χ2n) is 5.19. The van der Waals surface area contributed by atoms with Crippen LogP contribution in [0.2, 0.25) is 0 Å². The number of aliphatic hydroxyl groups is 4. The maximum Gasteiger partial charge on any atom is 0.344 e. The van der Waals surface area contributed by atoms with Gasteiger partial charge in [0.2, 0.25) is 6.29 Å². The van der Waals surface area contributed by atoms with Crippen LogP contribution in [-0.4, -0.2) is 69.7 Å². The Morgan fingerprint density at radius 1 is 1.12 bits per heavy atom. The van der Waals surface area contributed by atoms with Crippen molar-refractivity contribution in [2.75, 3.05) is 6.61 Å². The van der Waals surface area contributed by atoms with Crippen LogP contribution in [0.3, 0.4) is 0 Å². The molecule has 0 aliphatic carbocycles. The van der Waals surface area contributed by atoms with Crippen LogP contribution in [0.5, 0.6) is 5.75 Å². The summed E-state index contributed by atoms with van der Waals surface area (Å²) < 4.78 is 15.0. The van der Waals surface area contributed by atoms with Gasteiger partial charge in [-0.3, -0.25) is 4.79 Å². The molecule has 0 spiro atoms. The highest BCUT2D eigenvalue weighted by atomic mass is 16.7. The Morgan fingerprint density at radius 2 is 1.79 bits per heavy atom. The van der Waals surface area contributed by atoms with Crippen molar-refractivity contribution in [3.05, 3.63) is 29.8 Å². The molecule has 9 nitrogen and oxygen atoms in total. The Labute approximate surface area is 137 Å². The van der Waals surface area contributed by atoms with E-state index in [1.54, 1.807) is 6.07 Å². The molecule has 0 aromatic heterocycles. The van der Waals surface area contributed by atoms with E-state index in [1.807, 2.05) is 0 Å². The zero-order valence-electron chi connectivity index (χ0n) is 12.7. The van der Waals surface area contributed by atoms with Crippen molar-refractivity contribution in [2.24, 2.45) is 0 Å². The van der Waals surface area contributed by atoms with Gasteiger partial charge in [0.15, 0.2) is 0 Å². The van der Waals surface area contributed by atoms with E-state index < -0.39 is 49.3 Å². The van der Waals surface area contributed by atoms with Gasteiger partial charge in [0, 0.05) is 6.92 Å². The fraction of sp³-hybridized carbons (Fsp3) is 0.467. The second-order valence-corrected chi connectivity index (χ2v) is 5.19. The lowest BCUT2D eigenvalue weighted by Crippen LogP contribution is -2.59. The lowest BCUT2D eigenvalue weighted by atomic mass is 9.99. The molecule has 5 atom stereocenters. The fourth-order valence-electron chi connectivity index (χ4n) is 2.21. The SMILES string of the molecule is CC(=O)Oc1ccccc1C(=O)O[C@H]1O[C@H](CO)[C@H](O)[C@H](O)[C@H]1O. The number of ether oxygens (including phenoxy) is 3. The van der Waals surface area contributed by atoms with E-state index in [4.69, 9.17) is 19.3 Å². The predicted octanol–water partition coefficient (Wildman–Crippen LogP) is -1.43. The molecule has 24 heavy (non-hydrogen) atoms. The molecule has 4 N–H and O–H groups in total. The smallest absolute Gasteiger partial charge is 0.344 e. The molecule has 0 unspecified atom stereocenters. The summed E-state index contributed by atoms with van der Waals surface area (Å²) in [5, 5.41) is 38.3. The summed E-state index contributed by atoms with van der Waals surface area (Å²) in [6.07, 6.45) is -7.76. The molecule has 0 amide bonds. The van der Waals surface area contributed by atoms with Gasteiger partial charge in [-0.05, 0) is 12.1 Å². The van der Waals surface area contributed by atoms with Gasteiger partial charge in [-0.1, -0.05) is 12.1 Å². The fourth-order valence-corrected chi connectivity index (χ4v) is 2.21. The van der Waals surface area contributed by atoms with Crippen LogP contribution in [-0.2, 0) is 14.3 Å². The highest BCUT2D eigenvalue weighted by Crippen LogP contribution is 2.25. The molecule has 9 heteroatoms. The van der Waals surface area contributed by atoms with Crippen LogP contribution in [0.4, 0.5) is 0 Å². The van der Waals surface area contributed by atoms with Crippen molar-refractivity contribution in [2.45, 2.75) is 37.6 Å². The van der Waals surface area contributed by atoms with Gasteiger partial charge in [-0.2, -0.15) is 0 Å². The van der Waals surface area contributed by atoms with Gasteiger partial charge in [-0.15, -0.1) is 0 Å². The molecule has 132 valence electrons. The van der Waals surface area contributed by atoms with E-state index in [-0.39, 0.29) is 11.3 Å². The van der Waals surface area contributed by atoms with E-state index in [0.717, 1.165) is 0 Å². The van der Waals surface area contributed by atoms with Crippen LogP contribution in [0.15, 0.2) is 24.3 Å². The molecule has 0 bridgehead atoms. The molecule has 2 rings (SSSR count). The molecule has 1 saturated heterocycles. The third-order valence-electron chi connectivity index (χ3n) is 3.43. The van der Waals surface area contributed by atoms with Crippen molar-refractivity contribution >= 4 is 11.9 Å². The Bertz CT molecular complexity index is 600. The summed E-state index contributed by atoms with van der Waals surface area (Å²) in [4.78, 5) is 23.3. The van der Waals surface area contributed by atoms with E-state index in [2.05, 4.69) is 0 Å². The first-order valence-corrected chi connectivity index (χ1v) is 7.14. The minimum absolute atomic E-state index is 0.0420. The third-order valence-corrected chi connectivity index (χ3v) is 3.43. The average molecular weight is 342 g/mol. The van der Waals surface area contributed by atoms with E-state index >= 15 is 0 Å². The van der Waals surface area contributed by atoms with Crippen molar-refractivity contribution in [3.63, 3.8) is 0 Å². The van der Waals surface area contributed by atoms with E-state index in [1.165, 1.54) is 25.1 Å². The number of para-hydroxylation sites is 1. The second kappa shape index (κ2) is 7.69. The maximum atomic E-state index is 12.2. The summed E-state index contributed by atoms with van der Waals surface area (Å²) in [5.41, 5.74) is -0.0929. The van der Waals surface area contributed by atoms with Gasteiger partial charge >= 0.3 is 11.9 Å². The zero-order valence-corrected chi connectivity index (χ0v) is 12.7. The Balaban J connectivity index is 2.16. The number of hydrogen-bond acceptors (Lipinski definition) is 9. The van der Waals surface area contributed by atoms with Crippen LogP contribution in [0.1, 0.15) is 17.3 Å². The monoisotopic (exact) mass is 342 g/mol. The summed E-state index contributed by atoms with van der Waals surface area (Å²) in [6, 6.07) is 5.77. The molecule has 0 saturated carbocycles.